The Morgan fingerprint density at radius 2 is 1.81 bits per heavy atom. The fourth-order valence-electron chi connectivity index (χ4n) is 4.09. The summed E-state index contributed by atoms with van der Waals surface area (Å²) < 4.78 is 7.26. The highest BCUT2D eigenvalue weighted by Crippen LogP contribution is 2.26. The number of nitrogens with one attached hydrogen (secondary N) is 1. The summed E-state index contributed by atoms with van der Waals surface area (Å²) in [5, 5.41) is 3.05. The molecular weight excluding hydrogens is 390 g/mol. The molecule has 1 N–H and O–H groups in total. The van der Waals surface area contributed by atoms with Crippen molar-refractivity contribution in [2.24, 2.45) is 5.92 Å². The Hall–Kier alpha value is -3.12. The number of hydrogen-bond acceptors (Lipinski definition) is 4. The van der Waals surface area contributed by atoms with Crippen LogP contribution in [-0.4, -0.2) is 35.0 Å². The summed E-state index contributed by atoms with van der Waals surface area (Å²) in [4.78, 5) is 27.1. The molecule has 1 aromatic carbocycles. The predicted octanol–water partition coefficient (Wildman–Crippen LogP) is 3.69. The molecule has 1 fully saturated rings. The molecule has 6 nitrogen and oxygen atoms in total. The number of carbonyl (C=O) groups is 1. The molecule has 1 amide bonds. The molecule has 4 rings (SSSR count). The summed E-state index contributed by atoms with van der Waals surface area (Å²) >= 11 is 0. The molecule has 0 radical (unpaired) electrons. The van der Waals surface area contributed by atoms with E-state index < -0.39 is 0 Å². The number of rotatable bonds is 7. The second-order valence-electron chi connectivity index (χ2n) is 8.29. The van der Waals surface area contributed by atoms with Crippen LogP contribution in [0.1, 0.15) is 47.7 Å². The zero-order valence-electron chi connectivity index (χ0n) is 17.9. The van der Waals surface area contributed by atoms with Gasteiger partial charge in [0.2, 0.25) is 0 Å². The van der Waals surface area contributed by atoms with Gasteiger partial charge >= 0.3 is 0 Å². The molecule has 1 atom stereocenters. The third-order valence-electron chi connectivity index (χ3n) is 6.01. The first kappa shape index (κ1) is 21.1. The SMILES string of the molecule is CC1CCN(C(CNC(=O)c2ccc(Cn3ccccc3=O)o2)c2ccccc2)CC1. The van der Waals surface area contributed by atoms with Crippen LogP contribution in [0.15, 0.2) is 76.1 Å². The van der Waals surface area contributed by atoms with Crippen molar-refractivity contribution in [3.63, 3.8) is 0 Å². The van der Waals surface area contributed by atoms with Crippen LogP contribution in [0.5, 0.6) is 0 Å². The van der Waals surface area contributed by atoms with Crippen molar-refractivity contribution in [3.05, 3.63) is 94.3 Å². The van der Waals surface area contributed by atoms with Gasteiger partial charge in [-0.1, -0.05) is 43.3 Å². The maximum Gasteiger partial charge on any atom is 0.287 e. The lowest BCUT2D eigenvalue weighted by atomic mass is 9.95. The molecule has 0 spiro atoms. The first-order valence-corrected chi connectivity index (χ1v) is 10.9. The highest BCUT2D eigenvalue weighted by molar-refractivity contribution is 5.91. The maximum absolute atomic E-state index is 12.8. The molecule has 6 heteroatoms. The van der Waals surface area contributed by atoms with Crippen LogP contribution >= 0.6 is 0 Å². The van der Waals surface area contributed by atoms with Gasteiger partial charge in [0.25, 0.3) is 11.5 Å². The average Bonchev–Trinajstić information content (AvgIpc) is 3.26. The summed E-state index contributed by atoms with van der Waals surface area (Å²) in [5.41, 5.74) is 1.10. The highest BCUT2D eigenvalue weighted by Gasteiger charge is 2.25. The maximum atomic E-state index is 12.8. The fraction of sp³-hybridized carbons (Fsp3) is 0.360. The summed E-state index contributed by atoms with van der Waals surface area (Å²) in [7, 11) is 0. The number of hydrogen-bond donors (Lipinski definition) is 1. The van der Waals surface area contributed by atoms with Gasteiger partial charge in [0.15, 0.2) is 5.76 Å². The molecule has 0 aliphatic carbocycles. The van der Waals surface area contributed by atoms with Crippen LogP contribution < -0.4 is 10.9 Å². The highest BCUT2D eigenvalue weighted by atomic mass is 16.4. The average molecular weight is 420 g/mol. The van der Waals surface area contributed by atoms with E-state index in [9.17, 15) is 9.59 Å². The lowest BCUT2D eigenvalue weighted by Crippen LogP contribution is -2.41. The van der Waals surface area contributed by atoms with E-state index in [1.165, 1.54) is 24.5 Å². The van der Waals surface area contributed by atoms with Crippen molar-refractivity contribution < 1.29 is 9.21 Å². The summed E-state index contributed by atoms with van der Waals surface area (Å²) in [5.74, 6) is 1.35. The van der Waals surface area contributed by atoms with Crippen LogP contribution in [-0.2, 0) is 6.54 Å². The summed E-state index contributed by atoms with van der Waals surface area (Å²) in [6, 6.07) is 18.9. The molecule has 3 aromatic rings. The van der Waals surface area contributed by atoms with E-state index in [-0.39, 0.29) is 23.3 Å². The van der Waals surface area contributed by atoms with E-state index in [0.717, 1.165) is 19.0 Å². The molecule has 1 aliphatic heterocycles. The van der Waals surface area contributed by atoms with Crippen LogP contribution in [0, 0.1) is 5.92 Å². The Morgan fingerprint density at radius 3 is 2.55 bits per heavy atom. The number of furan rings is 1. The van der Waals surface area contributed by atoms with Gasteiger partial charge < -0.3 is 14.3 Å². The molecule has 162 valence electrons. The van der Waals surface area contributed by atoms with Crippen LogP contribution in [0.25, 0.3) is 0 Å². The lowest BCUT2D eigenvalue weighted by molar-refractivity contribution is 0.0884. The minimum absolute atomic E-state index is 0.105. The van der Waals surface area contributed by atoms with Gasteiger partial charge in [0.05, 0.1) is 12.6 Å². The number of carbonyl (C=O) groups excluding carboxylic acids is 1. The Morgan fingerprint density at radius 1 is 1.06 bits per heavy atom. The van der Waals surface area contributed by atoms with Crippen molar-refractivity contribution in [1.82, 2.24) is 14.8 Å². The van der Waals surface area contributed by atoms with E-state index in [4.69, 9.17) is 4.42 Å². The Kier molecular flexibility index (Phi) is 6.67. The molecule has 0 bridgehead atoms. The molecular formula is C25H29N3O3. The minimum atomic E-state index is -0.238. The fourth-order valence-corrected chi connectivity index (χ4v) is 4.09. The Labute approximate surface area is 182 Å². The molecule has 31 heavy (non-hydrogen) atoms. The summed E-state index contributed by atoms with van der Waals surface area (Å²) in [6.45, 7) is 5.19. The number of amides is 1. The first-order valence-electron chi connectivity index (χ1n) is 10.9. The lowest BCUT2D eigenvalue weighted by Gasteiger charge is -2.37. The summed E-state index contributed by atoms with van der Waals surface area (Å²) in [6.07, 6.45) is 4.06. The number of benzene rings is 1. The van der Waals surface area contributed by atoms with E-state index in [2.05, 4.69) is 29.3 Å². The van der Waals surface area contributed by atoms with Gasteiger partial charge in [-0.25, -0.2) is 0 Å². The van der Waals surface area contributed by atoms with E-state index >= 15 is 0 Å². The Bertz CT molecular complexity index is 1050. The van der Waals surface area contributed by atoms with Crippen LogP contribution in [0.2, 0.25) is 0 Å². The topological polar surface area (TPSA) is 67.5 Å². The van der Waals surface area contributed by atoms with E-state index in [0.29, 0.717) is 18.8 Å². The minimum Gasteiger partial charge on any atom is -0.454 e. The van der Waals surface area contributed by atoms with Crippen molar-refractivity contribution in [3.8, 4) is 0 Å². The van der Waals surface area contributed by atoms with Gasteiger partial charge in [0.1, 0.15) is 5.76 Å². The molecule has 1 saturated heterocycles. The molecule has 3 heterocycles. The van der Waals surface area contributed by atoms with Gasteiger partial charge in [0, 0.05) is 18.8 Å². The van der Waals surface area contributed by atoms with E-state index in [1.807, 2.05) is 18.2 Å². The third kappa shape index (κ3) is 5.33. The standard InChI is InChI=1S/C25H29N3O3/c1-19-12-15-27(16-13-19)22(20-7-3-2-4-8-20)17-26-25(30)23-11-10-21(31-23)18-28-14-6-5-9-24(28)29/h2-11,14,19,22H,12-13,15-18H2,1H3,(H,26,30). The van der Waals surface area contributed by atoms with Gasteiger partial charge in [-0.3, -0.25) is 14.5 Å². The Balaban J connectivity index is 1.41. The zero-order valence-corrected chi connectivity index (χ0v) is 17.9. The second-order valence-corrected chi connectivity index (χ2v) is 8.29. The quantitative estimate of drug-likeness (QED) is 0.634. The smallest absolute Gasteiger partial charge is 0.287 e. The first-order chi connectivity index (χ1) is 15.1. The third-order valence-corrected chi connectivity index (χ3v) is 6.01. The van der Waals surface area contributed by atoms with Crippen molar-refractivity contribution in [2.45, 2.75) is 32.4 Å². The number of pyridine rings is 1. The van der Waals surface area contributed by atoms with Crippen molar-refractivity contribution in [2.75, 3.05) is 19.6 Å². The molecule has 1 unspecified atom stereocenters. The monoisotopic (exact) mass is 419 g/mol. The van der Waals surface area contributed by atoms with Gasteiger partial charge in [-0.15, -0.1) is 0 Å². The van der Waals surface area contributed by atoms with E-state index in [1.54, 1.807) is 35.0 Å². The van der Waals surface area contributed by atoms with Gasteiger partial charge in [-0.2, -0.15) is 0 Å². The van der Waals surface area contributed by atoms with Gasteiger partial charge in [-0.05, 0) is 55.6 Å². The molecule has 1 aliphatic rings. The zero-order chi connectivity index (χ0) is 21.6. The number of likely N-dealkylation sites (tertiary alicyclic amines) is 1. The second kappa shape index (κ2) is 9.79. The molecule has 0 saturated carbocycles. The molecule has 2 aromatic heterocycles. The number of nitrogens with zero attached hydrogens (tertiary/aromatic N) is 2. The van der Waals surface area contributed by atoms with Crippen LogP contribution in [0.4, 0.5) is 0 Å². The normalized spacial score (nSPS) is 16.2. The van der Waals surface area contributed by atoms with Crippen LogP contribution in [0.3, 0.4) is 0 Å². The van der Waals surface area contributed by atoms with Crippen molar-refractivity contribution in [1.29, 1.82) is 0 Å². The number of aromatic nitrogens is 1. The largest absolute Gasteiger partial charge is 0.454 e. The number of piperidine rings is 1. The van der Waals surface area contributed by atoms with Crippen molar-refractivity contribution >= 4 is 5.91 Å². The predicted molar refractivity (Wildman–Crippen MR) is 120 cm³/mol.